The van der Waals surface area contributed by atoms with Crippen LogP contribution in [0.25, 0.3) is 0 Å². The van der Waals surface area contributed by atoms with E-state index in [2.05, 4.69) is 11.4 Å². The van der Waals surface area contributed by atoms with Crippen LogP contribution < -0.4 is 5.32 Å². The molecule has 0 radical (unpaired) electrons. The van der Waals surface area contributed by atoms with E-state index in [9.17, 15) is 4.79 Å². The third-order valence-electron chi connectivity index (χ3n) is 3.78. The van der Waals surface area contributed by atoms with E-state index in [0.717, 1.165) is 17.0 Å². The topological polar surface area (TPSA) is 38.3 Å². The summed E-state index contributed by atoms with van der Waals surface area (Å²) in [6.45, 7) is 0.638. The van der Waals surface area contributed by atoms with Gasteiger partial charge in [0.05, 0.1) is 12.7 Å². The molecular weight excluding hydrogens is 282 g/mol. The average Bonchev–Trinajstić information content (AvgIpc) is 2.52. The summed E-state index contributed by atoms with van der Waals surface area (Å²) >= 11 is 1.69. The van der Waals surface area contributed by atoms with Gasteiger partial charge >= 0.3 is 0 Å². The van der Waals surface area contributed by atoms with Crippen molar-refractivity contribution in [3.63, 3.8) is 0 Å². The molecule has 1 aromatic rings. The number of hydrogen-bond acceptors (Lipinski definition) is 3. The van der Waals surface area contributed by atoms with Gasteiger partial charge in [-0.2, -0.15) is 11.8 Å². The van der Waals surface area contributed by atoms with Crippen molar-refractivity contribution in [1.29, 1.82) is 0 Å². The van der Waals surface area contributed by atoms with E-state index in [0.29, 0.717) is 19.1 Å². The summed E-state index contributed by atoms with van der Waals surface area (Å²) in [5, 5.41) is 2.95. The molecule has 21 heavy (non-hydrogen) atoms. The quantitative estimate of drug-likeness (QED) is 0.819. The Morgan fingerprint density at radius 1 is 1.33 bits per heavy atom. The van der Waals surface area contributed by atoms with Gasteiger partial charge in [0.25, 0.3) is 0 Å². The minimum Gasteiger partial charge on any atom is -0.374 e. The number of ether oxygens (including phenoxy) is 1. The maximum absolute atomic E-state index is 11.7. The number of carbonyl (C=O) groups is 1. The van der Waals surface area contributed by atoms with E-state index in [1.807, 2.05) is 24.5 Å². The van der Waals surface area contributed by atoms with Crippen LogP contribution in [0.2, 0.25) is 0 Å². The first-order valence-corrected chi connectivity index (χ1v) is 9.16. The number of thioether (sulfide) groups is 1. The minimum atomic E-state index is 0.0784. The lowest BCUT2D eigenvalue weighted by molar-refractivity contribution is -0.115. The maximum Gasteiger partial charge on any atom is 0.225 e. The molecule has 0 heterocycles. The van der Waals surface area contributed by atoms with Gasteiger partial charge in [0.15, 0.2) is 0 Å². The zero-order valence-corrected chi connectivity index (χ0v) is 13.6. The van der Waals surface area contributed by atoms with E-state index in [4.69, 9.17) is 4.74 Å². The average molecular weight is 307 g/mol. The minimum absolute atomic E-state index is 0.0784. The van der Waals surface area contributed by atoms with Gasteiger partial charge in [-0.1, -0.05) is 31.4 Å². The fourth-order valence-corrected chi connectivity index (χ4v) is 2.99. The Balaban J connectivity index is 1.80. The van der Waals surface area contributed by atoms with Crippen LogP contribution in [0.3, 0.4) is 0 Å². The maximum atomic E-state index is 11.7. The fourth-order valence-electron chi connectivity index (χ4n) is 2.60. The van der Waals surface area contributed by atoms with Crippen molar-refractivity contribution in [2.45, 2.75) is 51.2 Å². The zero-order chi connectivity index (χ0) is 14.9. The zero-order valence-electron chi connectivity index (χ0n) is 12.8. The first-order valence-electron chi connectivity index (χ1n) is 7.77. The molecule has 0 bridgehead atoms. The summed E-state index contributed by atoms with van der Waals surface area (Å²) in [6.07, 6.45) is 9.28. The van der Waals surface area contributed by atoms with Gasteiger partial charge in [-0.25, -0.2) is 0 Å². The molecule has 1 fully saturated rings. The van der Waals surface area contributed by atoms with Crippen LogP contribution in [0.15, 0.2) is 24.3 Å². The highest BCUT2D eigenvalue weighted by atomic mass is 32.2. The van der Waals surface area contributed by atoms with Crippen LogP contribution in [0.5, 0.6) is 0 Å². The fraction of sp³-hybridized carbons (Fsp3) is 0.588. The molecule has 1 aliphatic rings. The monoisotopic (exact) mass is 307 g/mol. The largest absolute Gasteiger partial charge is 0.374 e. The summed E-state index contributed by atoms with van der Waals surface area (Å²) < 4.78 is 5.98. The molecule has 4 heteroatoms. The Morgan fingerprint density at radius 3 is 2.90 bits per heavy atom. The van der Waals surface area contributed by atoms with Crippen molar-refractivity contribution in [2.75, 3.05) is 17.3 Å². The second-order valence-corrected chi connectivity index (χ2v) is 6.55. The lowest BCUT2D eigenvalue weighted by atomic mass is 9.98. The molecule has 0 unspecified atom stereocenters. The molecule has 0 saturated heterocycles. The number of rotatable bonds is 7. The number of anilines is 1. The van der Waals surface area contributed by atoms with Gasteiger partial charge in [-0.05, 0) is 36.8 Å². The van der Waals surface area contributed by atoms with Gasteiger partial charge < -0.3 is 10.1 Å². The van der Waals surface area contributed by atoms with E-state index < -0.39 is 0 Å². The lowest BCUT2D eigenvalue weighted by Crippen LogP contribution is -2.16. The van der Waals surface area contributed by atoms with Gasteiger partial charge in [-0.3, -0.25) is 4.79 Å². The van der Waals surface area contributed by atoms with Crippen molar-refractivity contribution in [3.05, 3.63) is 29.8 Å². The highest BCUT2D eigenvalue weighted by molar-refractivity contribution is 7.98. The summed E-state index contributed by atoms with van der Waals surface area (Å²) in [6, 6.07) is 7.98. The van der Waals surface area contributed by atoms with E-state index in [1.54, 1.807) is 11.8 Å². The molecule has 1 amide bonds. The summed E-state index contributed by atoms with van der Waals surface area (Å²) in [4.78, 5) is 11.7. The third-order valence-corrected chi connectivity index (χ3v) is 4.39. The summed E-state index contributed by atoms with van der Waals surface area (Å²) in [5.74, 6) is 0.936. The summed E-state index contributed by atoms with van der Waals surface area (Å²) in [5.41, 5.74) is 1.99. The van der Waals surface area contributed by atoms with Crippen LogP contribution in [0.4, 0.5) is 5.69 Å². The predicted molar refractivity (Wildman–Crippen MR) is 89.7 cm³/mol. The van der Waals surface area contributed by atoms with Crippen molar-refractivity contribution < 1.29 is 9.53 Å². The molecule has 0 spiro atoms. The van der Waals surface area contributed by atoms with Crippen molar-refractivity contribution in [1.82, 2.24) is 0 Å². The normalized spacial score (nSPS) is 15.9. The van der Waals surface area contributed by atoms with Crippen molar-refractivity contribution in [2.24, 2.45) is 0 Å². The van der Waals surface area contributed by atoms with Gasteiger partial charge in [0.2, 0.25) is 5.91 Å². The highest BCUT2D eigenvalue weighted by Gasteiger charge is 2.13. The molecule has 0 aliphatic heterocycles. The van der Waals surface area contributed by atoms with E-state index in [-0.39, 0.29) is 5.91 Å². The highest BCUT2D eigenvalue weighted by Crippen LogP contribution is 2.22. The van der Waals surface area contributed by atoms with Crippen molar-refractivity contribution >= 4 is 23.4 Å². The molecule has 1 aromatic carbocycles. The van der Waals surface area contributed by atoms with Crippen LogP contribution in [0, 0.1) is 0 Å². The molecule has 1 N–H and O–H groups in total. The Morgan fingerprint density at radius 2 is 2.14 bits per heavy atom. The first-order chi connectivity index (χ1) is 10.3. The Kier molecular flexibility index (Phi) is 7.10. The predicted octanol–water partition coefficient (Wildman–Crippen LogP) is 4.23. The number of amides is 1. The van der Waals surface area contributed by atoms with Gasteiger partial charge in [-0.15, -0.1) is 0 Å². The molecule has 0 aromatic heterocycles. The second-order valence-electron chi connectivity index (χ2n) is 5.56. The first kappa shape index (κ1) is 16.4. The van der Waals surface area contributed by atoms with Crippen molar-refractivity contribution in [3.8, 4) is 0 Å². The standard InChI is InChI=1S/C17H25NO2S/c1-21-11-10-17(19)18-15-7-5-6-14(12-15)13-20-16-8-3-2-4-9-16/h5-7,12,16H,2-4,8-11,13H2,1H3,(H,18,19). The smallest absolute Gasteiger partial charge is 0.225 e. The van der Waals surface area contributed by atoms with Crippen LogP contribution >= 0.6 is 11.8 Å². The Bertz CT molecular complexity index is 444. The molecule has 0 atom stereocenters. The third kappa shape index (κ3) is 6.10. The molecular formula is C17H25NO2S. The number of carbonyl (C=O) groups excluding carboxylic acids is 1. The lowest BCUT2D eigenvalue weighted by Gasteiger charge is -2.22. The molecule has 1 saturated carbocycles. The molecule has 2 rings (SSSR count). The van der Waals surface area contributed by atoms with Gasteiger partial charge in [0, 0.05) is 17.9 Å². The van der Waals surface area contributed by atoms with Crippen LogP contribution in [-0.2, 0) is 16.1 Å². The number of nitrogens with one attached hydrogen (secondary N) is 1. The molecule has 3 nitrogen and oxygen atoms in total. The molecule has 116 valence electrons. The Labute approximate surface area is 131 Å². The second kappa shape index (κ2) is 9.11. The number of benzene rings is 1. The van der Waals surface area contributed by atoms with Crippen LogP contribution in [-0.4, -0.2) is 24.0 Å². The SMILES string of the molecule is CSCCC(=O)Nc1cccc(COC2CCCCC2)c1. The summed E-state index contributed by atoms with van der Waals surface area (Å²) in [7, 11) is 0. The Hall–Kier alpha value is -1.00. The number of hydrogen-bond donors (Lipinski definition) is 1. The van der Waals surface area contributed by atoms with E-state index >= 15 is 0 Å². The van der Waals surface area contributed by atoms with Gasteiger partial charge in [0.1, 0.15) is 0 Å². The van der Waals surface area contributed by atoms with E-state index in [1.165, 1.54) is 32.1 Å². The molecule has 1 aliphatic carbocycles. The van der Waals surface area contributed by atoms with Crippen LogP contribution in [0.1, 0.15) is 44.1 Å².